The van der Waals surface area contributed by atoms with Gasteiger partial charge in [-0.15, -0.1) is 11.6 Å². The molecular formula is C15H17ClN2O2. The molecule has 0 radical (unpaired) electrons. The standard InChI is InChI=1S/C15H17ClN2O2/c16-6-3-7-18-14(19)10-17-9-12-5-2-1-4-11(12)8-13(17)15(18)20/h1-2,4-5,13H,3,6-10H2. The summed E-state index contributed by atoms with van der Waals surface area (Å²) in [6, 6.07) is 7.94. The number of piperazine rings is 1. The predicted molar refractivity (Wildman–Crippen MR) is 76.4 cm³/mol. The average Bonchev–Trinajstić information content (AvgIpc) is 2.45. The van der Waals surface area contributed by atoms with Gasteiger partial charge in [0, 0.05) is 19.0 Å². The summed E-state index contributed by atoms with van der Waals surface area (Å²) in [5.41, 5.74) is 2.44. The number of carbonyl (C=O) groups is 2. The molecule has 20 heavy (non-hydrogen) atoms. The quantitative estimate of drug-likeness (QED) is 0.625. The Bertz CT molecular complexity index is 546. The first-order valence-electron chi connectivity index (χ1n) is 6.91. The Labute approximate surface area is 123 Å². The molecule has 0 spiro atoms. The summed E-state index contributed by atoms with van der Waals surface area (Å²) in [4.78, 5) is 28.0. The molecule has 1 atom stereocenters. The van der Waals surface area contributed by atoms with Gasteiger partial charge in [0.2, 0.25) is 11.8 Å². The van der Waals surface area contributed by atoms with Crippen molar-refractivity contribution in [3.8, 4) is 0 Å². The van der Waals surface area contributed by atoms with Gasteiger partial charge in [0.15, 0.2) is 0 Å². The van der Waals surface area contributed by atoms with Crippen molar-refractivity contribution in [2.75, 3.05) is 19.0 Å². The molecule has 5 heteroatoms. The van der Waals surface area contributed by atoms with E-state index in [1.807, 2.05) is 17.0 Å². The van der Waals surface area contributed by atoms with E-state index in [1.54, 1.807) is 0 Å². The number of hydrogen-bond donors (Lipinski definition) is 0. The second-order valence-corrected chi connectivity index (χ2v) is 5.70. The monoisotopic (exact) mass is 292 g/mol. The van der Waals surface area contributed by atoms with Crippen molar-refractivity contribution in [3.05, 3.63) is 35.4 Å². The molecule has 1 unspecified atom stereocenters. The molecule has 0 saturated carbocycles. The van der Waals surface area contributed by atoms with Crippen LogP contribution >= 0.6 is 11.6 Å². The highest BCUT2D eigenvalue weighted by Crippen LogP contribution is 2.27. The van der Waals surface area contributed by atoms with E-state index in [1.165, 1.54) is 16.0 Å². The molecule has 4 nitrogen and oxygen atoms in total. The number of fused-ring (bicyclic) bond motifs is 2. The number of nitrogens with zero attached hydrogens (tertiary/aromatic N) is 2. The Kier molecular flexibility index (Phi) is 3.76. The molecule has 2 amide bonds. The number of hydrogen-bond acceptors (Lipinski definition) is 3. The average molecular weight is 293 g/mol. The van der Waals surface area contributed by atoms with Gasteiger partial charge in [-0.2, -0.15) is 0 Å². The summed E-state index contributed by atoms with van der Waals surface area (Å²) in [5, 5.41) is 0. The number of rotatable bonds is 3. The zero-order valence-corrected chi connectivity index (χ0v) is 12.0. The molecule has 106 valence electrons. The molecule has 1 fully saturated rings. The third-order valence-corrected chi connectivity index (χ3v) is 4.32. The van der Waals surface area contributed by atoms with E-state index in [-0.39, 0.29) is 17.9 Å². The molecule has 0 aromatic heterocycles. The summed E-state index contributed by atoms with van der Waals surface area (Å²) >= 11 is 5.66. The van der Waals surface area contributed by atoms with Gasteiger partial charge in [-0.1, -0.05) is 24.3 Å². The van der Waals surface area contributed by atoms with Gasteiger partial charge in [0.25, 0.3) is 0 Å². The van der Waals surface area contributed by atoms with Crippen LogP contribution in [0.2, 0.25) is 0 Å². The van der Waals surface area contributed by atoms with E-state index in [2.05, 4.69) is 12.1 Å². The SMILES string of the molecule is O=C1CN2Cc3ccccc3CC2C(=O)N1CCCCl. The van der Waals surface area contributed by atoms with Gasteiger partial charge in [-0.3, -0.25) is 19.4 Å². The molecule has 2 heterocycles. The van der Waals surface area contributed by atoms with E-state index in [0.717, 1.165) is 0 Å². The van der Waals surface area contributed by atoms with Gasteiger partial charge in [-0.05, 0) is 24.0 Å². The lowest BCUT2D eigenvalue weighted by atomic mass is 9.92. The van der Waals surface area contributed by atoms with Crippen LogP contribution in [0, 0.1) is 0 Å². The minimum atomic E-state index is -0.196. The summed E-state index contributed by atoms with van der Waals surface area (Å²) in [6.45, 7) is 1.45. The van der Waals surface area contributed by atoms with Crippen molar-refractivity contribution >= 4 is 23.4 Å². The number of halogens is 1. The molecule has 0 aliphatic carbocycles. The number of alkyl halides is 1. The lowest BCUT2D eigenvalue weighted by molar-refractivity contribution is -0.156. The molecule has 0 bridgehead atoms. The topological polar surface area (TPSA) is 40.6 Å². The minimum absolute atomic E-state index is 0.0686. The van der Waals surface area contributed by atoms with Gasteiger partial charge < -0.3 is 0 Å². The lowest BCUT2D eigenvalue weighted by Crippen LogP contribution is -2.61. The molecule has 2 aliphatic heterocycles. The Morgan fingerprint density at radius 2 is 1.90 bits per heavy atom. The molecule has 2 aliphatic rings. The fraction of sp³-hybridized carbons (Fsp3) is 0.467. The fourth-order valence-corrected chi connectivity index (χ4v) is 3.12. The number of benzene rings is 1. The number of imide groups is 1. The summed E-state index contributed by atoms with van der Waals surface area (Å²) in [7, 11) is 0. The van der Waals surface area contributed by atoms with Crippen LogP contribution in [-0.4, -0.2) is 46.6 Å². The Morgan fingerprint density at radius 1 is 1.15 bits per heavy atom. The van der Waals surface area contributed by atoms with Crippen LogP contribution in [0.1, 0.15) is 17.5 Å². The molecule has 1 aromatic rings. The molecular weight excluding hydrogens is 276 g/mol. The van der Waals surface area contributed by atoms with Crippen LogP contribution in [0.3, 0.4) is 0 Å². The van der Waals surface area contributed by atoms with Crippen LogP contribution < -0.4 is 0 Å². The zero-order chi connectivity index (χ0) is 14.1. The first-order valence-corrected chi connectivity index (χ1v) is 7.45. The van der Waals surface area contributed by atoms with Crippen molar-refractivity contribution < 1.29 is 9.59 Å². The van der Waals surface area contributed by atoms with E-state index < -0.39 is 0 Å². The minimum Gasteiger partial charge on any atom is -0.280 e. The van der Waals surface area contributed by atoms with E-state index in [9.17, 15) is 9.59 Å². The third kappa shape index (κ3) is 2.34. The van der Waals surface area contributed by atoms with Gasteiger partial charge in [0.05, 0.1) is 12.6 Å². The van der Waals surface area contributed by atoms with Crippen LogP contribution in [-0.2, 0) is 22.6 Å². The van der Waals surface area contributed by atoms with Crippen LogP contribution in [0.25, 0.3) is 0 Å². The second kappa shape index (κ2) is 5.54. The largest absolute Gasteiger partial charge is 0.280 e. The van der Waals surface area contributed by atoms with Gasteiger partial charge in [-0.25, -0.2) is 0 Å². The Balaban J connectivity index is 1.83. The smallest absolute Gasteiger partial charge is 0.246 e. The van der Waals surface area contributed by atoms with Crippen LogP contribution in [0.5, 0.6) is 0 Å². The van der Waals surface area contributed by atoms with Crippen molar-refractivity contribution in [1.29, 1.82) is 0 Å². The maximum Gasteiger partial charge on any atom is 0.246 e. The maximum absolute atomic E-state index is 12.5. The number of carbonyl (C=O) groups excluding carboxylic acids is 2. The van der Waals surface area contributed by atoms with E-state index >= 15 is 0 Å². The second-order valence-electron chi connectivity index (χ2n) is 5.32. The summed E-state index contributed by atoms with van der Waals surface area (Å²) < 4.78 is 0. The number of amides is 2. The highest BCUT2D eigenvalue weighted by molar-refractivity contribution is 6.17. The van der Waals surface area contributed by atoms with Crippen molar-refractivity contribution in [1.82, 2.24) is 9.80 Å². The summed E-state index contributed by atoms with van der Waals surface area (Å²) in [5.74, 6) is 0.297. The van der Waals surface area contributed by atoms with Crippen LogP contribution in [0.4, 0.5) is 0 Å². The maximum atomic E-state index is 12.5. The van der Waals surface area contributed by atoms with Gasteiger partial charge in [0.1, 0.15) is 0 Å². The predicted octanol–water partition coefficient (Wildman–Crippen LogP) is 1.41. The Hall–Kier alpha value is -1.39. The lowest BCUT2D eigenvalue weighted by Gasteiger charge is -2.42. The fourth-order valence-electron chi connectivity index (χ4n) is 3.00. The molecule has 1 saturated heterocycles. The van der Waals surface area contributed by atoms with Crippen molar-refractivity contribution in [2.45, 2.75) is 25.4 Å². The van der Waals surface area contributed by atoms with Crippen LogP contribution in [0.15, 0.2) is 24.3 Å². The third-order valence-electron chi connectivity index (χ3n) is 4.05. The van der Waals surface area contributed by atoms with Crippen molar-refractivity contribution in [2.24, 2.45) is 0 Å². The normalized spacial score (nSPS) is 22.6. The van der Waals surface area contributed by atoms with E-state index in [0.29, 0.717) is 38.4 Å². The molecule has 3 rings (SSSR count). The van der Waals surface area contributed by atoms with Gasteiger partial charge >= 0.3 is 0 Å². The van der Waals surface area contributed by atoms with Crippen molar-refractivity contribution in [3.63, 3.8) is 0 Å². The van der Waals surface area contributed by atoms with E-state index in [4.69, 9.17) is 11.6 Å². The summed E-state index contributed by atoms with van der Waals surface area (Å²) in [6.07, 6.45) is 1.35. The first-order chi connectivity index (χ1) is 9.70. The molecule has 1 aromatic carbocycles. The molecule has 0 N–H and O–H groups in total. The highest BCUT2D eigenvalue weighted by atomic mass is 35.5. The Morgan fingerprint density at radius 3 is 2.65 bits per heavy atom. The first kappa shape index (κ1) is 13.6. The highest BCUT2D eigenvalue weighted by Gasteiger charge is 2.41. The zero-order valence-electron chi connectivity index (χ0n) is 11.2.